The van der Waals surface area contributed by atoms with Crippen LogP contribution in [-0.4, -0.2) is 36.5 Å². The molecular formula is C22H28N2OS. The van der Waals surface area contributed by atoms with Gasteiger partial charge >= 0.3 is 0 Å². The van der Waals surface area contributed by atoms with Crippen LogP contribution in [0.4, 0.5) is 5.69 Å². The maximum Gasteiger partial charge on any atom is 0.255 e. The molecular weight excluding hydrogens is 340 g/mol. The molecule has 2 aromatic rings. The van der Waals surface area contributed by atoms with Gasteiger partial charge in [0.2, 0.25) is 0 Å². The van der Waals surface area contributed by atoms with E-state index in [2.05, 4.69) is 53.3 Å². The van der Waals surface area contributed by atoms with Gasteiger partial charge in [0, 0.05) is 41.6 Å². The lowest BCUT2D eigenvalue weighted by Gasteiger charge is -2.41. The zero-order chi connectivity index (χ0) is 18.1. The molecule has 4 rings (SSSR count). The first-order valence-electron chi connectivity index (χ1n) is 9.85. The molecule has 1 aromatic carbocycles. The molecule has 2 heterocycles. The Morgan fingerprint density at radius 1 is 1.15 bits per heavy atom. The zero-order valence-electron chi connectivity index (χ0n) is 15.8. The third-order valence-corrected chi connectivity index (χ3v) is 6.88. The van der Waals surface area contributed by atoms with Gasteiger partial charge in [0.15, 0.2) is 0 Å². The summed E-state index contributed by atoms with van der Waals surface area (Å²) in [5, 5.41) is 2.12. The Morgan fingerprint density at radius 2 is 2.00 bits per heavy atom. The predicted molar refractivity (Wildman–Crippen MR) is 109 cm³/mol. The smallest absolute Gasteiger partial charge is 0.255 e. The van der Waals surface area contributed by atoms with Crippen LogP contribution in [0.15, 0.2) is 29.6 Å². The second kappa shape index (κ2) is 7.43. The van der Waals surface area contributed by atoms with Crippen molar-refractivity contribution in [2.75, 3.05) is 24.5 Å². The molecule has 1 unspecified atom stereocenters. The molecule has 1 atom stereocenters. The van der Waals surface area contributed by atoms with Crippen LogP contribution in [0.2, 0.25) is 0 Å². The van der Waals surface area contributed by atoms with Gasteiger partial charge < -0.3 is 9.80 Å². The number of aryl methyl sites for hydroxylation is 2. The molecule has 1 aromatic heterocycles. The number of rotatable bonds is 2. The largest absolute Gasteiger partial charge is 0.365 e. The summed E-state index contributed by atoms with van der Waals surface area (Å²) in [7, 11) is 0. The second-order valence-corrected chi connectivity index (χ2v) is 8.71. The highest BCUT2D eigenvalue weighted by Gasteiger charge is 2.29. The van der Waals surface area contributed by atoms with Gasteiger partial charge in [0.1, 0.15) is 0 Å². The van der Waals surface area contributed by atoms with Crippen molar-refractivity contribution in [3.8, 4) is 0 Å². The van der Waals surface area contributed by atoms with E-state index in [-0.39, 0.29) is 5.91 Å². The van der Waals surface area contributed by atoms with E-state index in [1.54, 1.807) is 11.3 Å². The lowest BCUT2D eigenvalue weighted by Crippen LogP contribution is -2.53. The molecule has 3 nitrogen and oxygen atoms in total. The molecule has 1 amide bonds. The number of anilines is 1. The van der Waals surface area contributed by atoms with Crippen molar-refractivity contribution < 1.29 is 4.79 Å². The number of benzene rings is 1. The Morgan fingerprint density at radius 3 is 2.81 bits per heavy atom. The highest BCUT2D eigenvalue weighted by atomic mass is 32.1. The molecule has 0 spiro atoms. The number of nitrogens with zero attached hydrogens (tertiary/aromatic N) is 2. The highest BCUT2D eigenvalue weighted by molar-refractivity contribution is 7.10. The number of carbonyl (C=O) groups excluding carboxylic acids is 1. The van der Waals surface area contributed by atoms with Crippen LogP contribution in [0.25, 0.3) is 0 Å². The van der Waals surface area contributed by atoms with E-state index in [0.29, 0.717) is 6.04 Å². The number of hydrogen-bond donors (Lipinski definition) is 0. The van der Waals surface area contributed by atoms with Gasteiger partial charge in [-0.2, -0.15) is 0 Å². The maximum absolute atomic E-state index is 13.2. The minimum atomic E-state index is 0.250. The number of carbonyl (C=O) groups is 1. The molecule has 0 bridgehead atoms. The van der Waals surface area contributed by atoms with E-state index in [0.717, 1.165) is 38.0 Å². The van der Waals surface area contributed by atoms with Gasteiger partial charge in [-0.05, 0) is 62.8 Å². The molecule has 1 saturated heterocycles. The molecule has 1 aliphatic heterocycles. The van der Waals surface area contributed by atoms with Crippen molar-refractivity contribution >= 4 is 22.9 Å². The van der Waals surface area contributed by atoms with E-state index in [1.807, 2.05) is 0 Å². The van der Waals surface area contributed by atoms with Crippen molar-refractivity contribution in [3.05, 3.63) is 51.2 Å². The third-order valence-electron chi connectivity index (χ3n) is 5.79. The van der Waals surface area contributed by atoms with E-state index < -0.39 is 0 Å². The summed E-state index contributed by atoms with van der Waals surface area (Å²) in [5.74, 6) is 0.250. The number of amides is 1. The Balaban J connectivity index is 1.49. The molecule has 1 aliphatic carbocycles. The summed E-state index contributed by atoms with van der Waals surface area (Å²) in [4.78, 5) is 19.2. The summed E-state index contributed by atoms with van der Waals surface area (Å²) in [6.45, 7) is 6.88. The van der Waals surface area contributed by atoms with Crippen LogP contribution in [0.3, 0.4) is 0 Å². The monoisotopic (exact) mass is 368 g/mol. The van der Waals surface area contributed by atoms with Crippen molar-refractivity contribution in [1.82, 2.24) is 4.90 Å². The van der Waals surface area contributed by atoms with Gasteiger partial charge in [-0.3, -0.25) is 4.79 Å². The molecule has 4 heteroatoms. The summed E-state index contributed by atoms with van der Waals surface area (Å²) in [5.41, 5.74) is 4.90. The standard InChI is InChI=1S/C22H28N2OS/c1-16-7-6-8-18(13-16)24-12-11-23(14-17(24)2)22(25)20-15-26-21-10-5-3-4-9-19(20)21/h6-8,13,15,17H,3-5,9-12,14H2,1-2H3. The lowest BCUT2D eigenvalue weighted by molar-refractivity contribution is 0.0726. The quantitative estimate of drug-likeness (QED) is 0.719. The number of piperazine rings is 1. The average molecular weight is 369 g/mol. The topological polar surface area (TPSA) is 23.6 Å². The first kappa shape index (κ1) is 17.6. The summed E-state index contributed by atoms with van der Waals surface area (Å²) < 4.78 is 0. The maximum atomic E-state index is 13.2. The lowest BCUT2D eigenvalue weighted by atomic mass is 10.0. The van der Waals surface area contributed by atoms with Crippen LogP contribution in [0.1, 0.15) is 52.5 Å². The first-order valence-corrected chi connectivity index (χ1v) is 10.7. The minimum Gasteiger partial charge on any atom is -0.365 e. The fourth-order valence-electron chi connectivity index (χ4n) is 4.35. The van der Waals surface area contributed by atoms with E-state index in [9.17, 15) is 4.79 Å². The van der Waals surface area contributed by atoms with Crippen LogP contribution < -0.4 is 4.90 Å². The van der Waals surface area contributed by atoms with Crippen LogP contribution in [-0.2, 0) is 12.8 Å². The predicted octanol–water partition coefficient (Wildman–Crippen LogP) is 4.68. The molecule has 2 aliphatic rings. The van der Waals surface area contributed by atoms with Gasteiger partial charge in [0.05, 0.1) is 5.56 Å². The van der Waals surface area contributed by atoms with E-state index in [4.69, 9.17) is 0 Å². The molecule has 0 N–H and O–H groups in total. The van der Waals surface area contributed by atoms with Gasteiger partial charge in [-0.25, -0.2) is 0 Å². The fraction of sp³-hybridized carbons (Fsp3) is 0.500. The number of hydrogen-bond acceptors (Lipinski definition) is 3. The van der Waals surface area contributed by atoms with Crippen molar-refractivity contribution in [3.63, 3.8) is 0 Å². The Hall–Kier alpha value is -1.81. The molecule has 0 saturated carbocycles. The Kier molecular flexibility index (Phi) is 5.03. The zero-order valence-corrected chi connectivity index (χ0v) is 16.6. The average Bonchev–Trinajstić information content (AvgIpc) is 2.89. The van der Waals surface area contributed by atoms with Crippen LogP contribution >= 0.6 is 11.3 Å². The Labute approximate surface area is 160 Å². The molecule has 26 heavy (non-hydrogen) atoms. The highest BCUT2D eigenvalue weighted by Crippen LogP contribution is 2.31. The van der Waals surface area contributed by atoms with Crippen molar-refractivity contribution in [1.29, 1.82) is 0 Å². The van der Waals surface area contributed by atoms with E-state index in [1.165, 1.54) is 41.0 Å². The number of fused-ring (bicyclic) bond motifs is 1. The van der Waals surface area contributed by atoms with Gasteiger partial charge in [-0.15, -0.1) is 11.3 Å². The van der Waals surface area contributed by atoms with Crippen LogP contribution in [0.5, 0.6) is 0 Å². The summed E-state index contributed by atoms with van der Waals surface area (Å²) in [6.07, 6.45) is 6.03. The van der Waals surface area contributed by atoms with Gasteiger partial charge in [0.25, 0.3) is 5.91 Å². The third kappa shape index (κ3) is 3.39. The first-order chi connectivity index (χ1) is 12.6. The van der Waals surface area contributed by atoms with E-state index >= 15 is 0 Å². The molecule has 1 fully saturated rings. The summed E-state index contributed by atoms with van der Waals surface area (Å²) in [6, 6.07) is 9.02. The second-order valence-electron chi connectivity index (χ2n) is 7.74. The molecule has 0 radical (unpaired) electrons. The van der Waals surface area contributed by atoms with Crippen LogP contribution in [0, 0.1) is 6.92 Å². The van der Waals surface area contributed by atoms with Crippen molar-refractivity contribution in [2.24, 2.45) is 0 Å². The van der Waals surface area contributed by atoms with Crippen molar-refractivity contribution in [2.45, 2.75) is 52.0 Å². The Bertz CT molecular complexity index is 797. The molecule has 138 valence electrons. The number of thiophene rings is 1. The van der Waals surface area contributed by atoms with Gasteiger partial charge in [-0.1, -0.05) is 18.6 Å². The SMILES string of the molecule is Cc1cccc(N2CCN(C(=O)c3csc4c3CCCCC4)CC2C)c1. The summed E-state index contributed by atoms with van der Waals surface area (Å²) >= 11 is 1.80. The fourth-order valence-corrected chi connectivity index (χ4v) is 5.47. The normalized spacial score (nSPS) is 20.6. The minimum absolute atomic E-state index is 0.250.